The third-order valence-corrected chi connectivity index (χ3v) is 4.69. The van der Waals surface area contributed by atoms with E-state index < -0.39 is 27.3 Å². The van der Waals surface area contributed by atoms with E-state index in [9.17, 15) is 17.2 Å². The summed E-state index contributed by atoms with van der Waals surface area (Å²) in [5, 5.41) is 10.2. The molecule has 0 aliphatic rings. The molecule has 1 aromatic heterocycles. The molecule has 102 valence electrons. The molecule has 0 amide bonds. The van der Waals surface area contributed by atoms with Crippen LogP contribution in [0.2, 0.25) is 0 Å². The molecule has 0 aliphatic heterocycles. The molecule has 19 heavy (non-hydrogen) atoms. The Labute approximate surface area is 112 Å². The van der Waals surface area contributed by atoms with Crippen molar-refractivity contribution >= 4 is 27.0 Å². The largest absolute Gasteiger partial charge is 0.391 e. The quantitative estimate of drug-likeness (QED) is 0.911. The van der Waals surface area contributed by atoms with Gasteiger partial charge in [-0.3, -0.25) is 4.72 Å². The number of nitrogens with one attached hydrogen (secondary N) is 1. The Morgan fingerprint density at radius 3 is 2.42 bits per heavy atom. The molecule has 0 spiro atoms. The van der Waals surface area contributed by atoms with Crippen molar-refractivity contribution in [1.29, 1.82) is 0 Å². The van der Waals surface area contributed by atoms with Crippen molar-refractivity contribution in [3.8, 4) is 0 Å². The van der Waals surface area contributed by atoms with Crippen molar-refractivity contribution in [2.45, 2.75) is 11.5 Å². The van der Waals surface area contributed by atoms with E-state index in [2.05, 4.69) is 0 Å². The van der Waals surface area contributed by atoms with Crippen LogP contribution in [0.4, 0.5) is 14.5 Å². The number of rotatable bonds is 4. The van der Waals surface area contributed by atoms with Gasteiger partial charge in [-0.2, -0.15) is 0 Å². The second-order valence-electron chi connectivity index (χ2n) is 3.61. The minimum absolute atomic E-state index is 0.149. The summed E-state index contributed by atoms with van der Waals surface area (Å²) in [6.07, 6.45) is 0. The smallest absolute Gasteiger partial charge is 0.262 e. The highest BCUT2D eigenvalue weighted by molar-refractivity contribution is 7.92. The number of sulfonamides is 1. The zero-order chi connectivity index (χ0) is 14.0. The second kappa shape index (κ2) is 5.24. The second-order valence-corrected chi connectivity index (χ2v) is 6.29. The predicted molar refractivity (Wildman–Crippen MR) is 67.4 cm³/mol. The summed E-state index contributed by atoms with van der Waals surface area (Å²) >= 11 is 1.04. The van der Waals surface area contributed by atoms with E-state index in [0.29, 0.717) is 4.88 Å². The summed E-state index contributed by atoms with van der Waals surface area (Å²) in [5.41, 5.74) is -0.723. The molecular weight excluding hydrogens is 296 g/mol. The molecule has 2 rings (SSSR count). The molecule has 2 aromatic rings. The molecule has 0 saturated carbocycles. The van der Waals surface area contributed by atoms with Gasteiger partial charge in [0.25, 0.3) is 10.0 Å². The number of anilines is 1. The van der Waals surface area contributed by atoms with E-state index in [-0.39, 0.29) is 11.5 Å². The van der Waals surface area contributed by atoms with Crippen LogP contribution in [-0.4, -0.2) is 13.5 Å². The molecule has 1 heterocycles. The van der Waals surface area contributed by atoms with Crippen molar-refractivity contribution in [2.24, 2.45) is 0 Å². The number of benzene rings is 1. The minimum Gasteiger partial charge on any atom is -0.391 e. The first-order chi connectivity index (χ1) is 8.94. The Hall–Kier alpha value is -1.51. The summed E-state index contributed by atoms with van der Waals surface area (Å²) in [5.74, 6) is -2.00. The monoisotopic (exact) mass is 305 g/mol. The van der Waals surface area contributed by atoms with Crippen LogP contribution < -0.4 is 4.72 Å². The number of hydrogen-bond acceptors (Lipinski definition) is 4. The number of para-hydroxylation sites is 1. The third kappa shape index (κ3) is 2.91. The van der Waals surface area contributed by atoms with Crippen LogP contribution in [0.15, 0.2) is 34.5 Å². The lowest BCUT2D eigenvalue weighted by atomic mass is 10.3. The first-order valence-corrected chi connectivity index (χ1v) is 7.45. The Kier molecular flexibility index (Phi) is 3.83. The summed E-state index contributed by atoms with van der Waals surface area (Å²) in [7, 11) is -4.08. The molecule has 8 heteroatoms. The summed E-state index contributed by atoms with van der Waals surface area (Å²) in [4.78, 5) is 0.290. The van der Waals surface area contributed by atoms with Gasteiger partial charge in [0, 0.05) is 10.3 Å². The summed E-state index contributed by atoms with van der Waals surface area (Å²) < 4.78 is 52.4. The highest BCUT2D eigenvalue weighted by Crippen LogP contribution is 2.25. The maximum Gasteiger partial charge on any atom is 0.262 e. The lowest BCUT2D eigenvalue weighted by Crippen LogP contribution is -2.14. The van der Waals surface area contributed by atoms with Gasteiger partial charge < -0.3 is 5.11 Å². The average Bonchev–Trinajstić information content (AvgIpc) is 2.83. The molecule has 0 unspecified atom stereocenters. The van der Waals surface area contributed by atoms with Crippen LogP contribution >= 0.6 is 11.3 Å². The maximum atomic E-state index is 13.4. The molecule has 0 bridgehead atoms. The number of hydrogen-bond donors (Lipinski definition) is 2. The number of thiophene rings is 1. The fraction of sp³-hybridized carbons (Fsp3) is 0.0909. The van der Waals surface area contributed by atoms with Crippen LogP contribution in [0.1, 0.15) is 4.88 Å². The lowest BCUT2D eigenvalue weighted by molar-refractivity contribution is 0.285. The van der Waals surface area contributed by atoms with E-state index in [4.69, 9.17) is 5.11 Å². The van der Waals surface area contributed by atoms with E-state index in [0.717, 1.165) is 29.5 Å². The summed E-state index contributed by atoms with van der Waals surface area (Å²) in [6.45, 7) is -0.297. The summed E-state index contributed by atoms with van der Waals surface area (Å²) in [6, 6.07) is 4.28. The molecule has 0 saturated heterocycles. The fourth-order valence-electron chi connectivity index (χ4n) is 1.37. The molecule has 0 fully saturated rings. The standard InChI is InChI=1S/C11H9F2NO3S2/c12-9-2-1-3-10(13)11(9)14-19(16,17)8-4-7(5-15)18-6-8/h1-4,6,14-15H,5H2. The number of aliphatic hydroxyl groups is 1. The highest BCUT2D eigenvalue weighted by Gasteiger charge is 2.20. The Balaban J connectivity index is 2.36. The molecule has 2 N–H and O–H groups in total. The van der Waals surface area contributed by atoms with E-state index in [1.54, 1.807) is 0 Å². The maximum absolute atomic E-state index is 13.4. The Morgan fingerprint density at radius 1 is 1.26 bits per heavy atom. The molecule has 0 radical (unpaired) electrons. The zero-order valence-electron chi connectivity index (χ0n) is 9.43. The Bertz CT molecular complexity index is 677. The van der Waals surface area contributed by atoms with Crippen LogP contribution in [0.25, 0.3) is 0 Å². The molecule has 0 atom stereocenters. The normalized spacial score (nSPS) is 11.5. The SMILES string of the molecule is O=S(=O)(Nc1c(F)cccc1F)c1csc(CO)c1. The van der Waals surface area contributed by atoms with Gasteiger partial charge in [0.15, 0.2) is 0 Å². The Morgan fingerprint density at radius 2 is 1.89 bits per heavy atom. The highest BCUT2D eigenvalue weighted by atomic mass is 32.2. The van der Waals surface area contributed by atoms with Crippen molar-refractivity contribution in [3.05, 3.63) is 46.2 Å². The number of aliphatic hydroxyl groups excluding tert-OH is 1. The average molecular weight is 305 g/mol. The molecule has 1 aromatic carbocycles. The molecule has 0 aliphatic carbocycles. The van der Waals surface area contributed by atoms with Crippen molar-refractivity contribution < 1.29 is 22.3 Å². The minimum atomic E-state index is -4.08. The van der Waals surface area contributed by atoms with E-state index in [1.807, 2.05) is 4.72 Å². The topological polar surface area (TPSA) is 66.4 Å². The van der Waals surface area contributed by atoms with Crippen molar-refractivity contribution in [3.63, 3.8) is 0 Å². The van der Waals surface area contributed by atoms with Gasteiger partial charge in [-0.15, -0.1) is 11.3 Å². The fourth-order valence-corrected chi connectivity index (χ4v) is 3.58. The first kappa shape index (κ1) is 13.9. The van der Waals surface area contributed by atoms with Crippen molar-refractivity contribution in [2.75, 3.05) is 4.72 Å². The van der Waals surface area contributed by atoms with Gasteiger partial charge in [-0.05, 0) is 18.2 Å². The van der Waals surface area contributed by atoms with Gasteiger partial charge in [0.1, 0.15) is 17.3 Å². The van der Waals surface area contributed by atoms with Crippen LogP contribution in [0.5, 0.6) is 0 Å². The zero-order valence-corrected chi connectivity index (χ0v) is 11.1. The van der Waals surface area contributed by atoms with Gasteiger partial charge in [-0.25, -0.2) is 17.2 Å². The number of halogens is 2. The van der Waals surface area contributed by atoms with Gasteiger partial charge in [0.2, 0.25) is 0 Å². The van der Waals surface area contributed by atoms with Crippen molar-refractivity contribution in [1.82, 2.24) is 0 Å². The lowest BCUT2D eigenvalue weighted by Gasteiger charge is -2.08. The van der Waals surface area contributed by atoms with Crippen LogP contribution in [-0.2, 0) is 16.6 Å². The molecular formula is C11H9F2NO3S2. The van der Waals surface area contributed by atoms with Gasteiger partial charge >= 0.3 is 0 Å². The molecule has 4 nitrogen and oxygen atoms in total. The van der Waals surface area contributed by atoms with Gasteiger partial charge in [0.05, 0.1) is 11.5 Å². The van der Waals surface area contributed by atoms with Crippen LogP contribution in [0.3, 0.4) is 0 Å². The van der Waals surface area contributed by atoms with E-state index in [1.165, 1.54) is 11.4 Å². The first-order valence-electron chi connectivity index (χ1n) is 5.09. The third-order valence-electron chi connectivity index (χ3n) is 2.30. The predicted octanol–water partition coefficient (Wildman–Crippen LogP) is 2.32. The van der Waals surface area contributed by atoms with Gasteiger partial charge in [-0.1, -0.05) is 6.07 Å². The van der Waals surface area contributed by atoms with E-state index >= 15 is 0 Å². The van der Waals surface area contributed by atoms with Crippen LogP contribution in [0, 0.1) is 11.6 Å².